The first-order chi connectivity index (χ1) is 10.2. The lowest BCUT2D eigenvalue weighted by atomic mass is 9.78. The molecule has 2 heterocycles. The standard InChI is InChI=1S/C15H19BN2O4/c1-14(2)15(3,4)22-16(21-14)9-5-6-10-11(7-9)13(20)18(8-17)12(10)19/h5-7H,8,17H2,1-4H3. The van der Waals surface area contributed by atoms with Crippen LogP contribution in [0.4, 0.5) is 0 Å². The predicted octanol–water partition coefficient (Wildman–Crippen LogP) is 0.498. The Morgan fingerprint density at radius 1 is 1.05 bits per heavy atom. The SMILES string of the molecule is CC1(C)OB(c2ccc3c(c2)C(=O)N(CN)C3=O)OC1(C)C. The van der Waals surface area contributed by atoms with Crippen LogP contribution in [0.3, 0.4) is 0 Å². The van der Waals surface area contributed by atoms with Crippen LogP contribution in [0.5, 0.6) is 0 Å². The summed E-state index contributed by atoms with van der Waals surface area (Å²) < 4.78 is 11.9. The zero-order valence-electron chi connectivity index (χ0n) is 13.2. The van der Waals surface area contributed by atoms with Crippen molar-refractivity contribution in [2.75, 3.05) is 6.67 Å². The van der Waals surface area contributed by atoms with Crippen molar-refractivity contribution < 1.29 is 18.9 Å². The van der Waals surface area contributed by atoms with Gasteiger partial charge in [-0.25, -0.2) is 0 Å². The van der Waals surface area contributed by atoms with Gasteiger partial charge in [0.15, 0.2) is 0 Å². The molecule has 1 aromatic rings. The van der Waals surface area contributed by atoms with Gasteiger partial charge >= 0.3 is 7.12 Å². The van der Waals surface area contributed by atoms with Gasteiger partial charge in [0.05, 0.1) is 29.0 Å². The molecule has 0 atom stereocenters. The van der Waals surface area contributed by atoms with E-state index in [9.17, 15) is 9.59 Å². The van der Waals surface area contributed by atoms with E-state index in [2.05, 4.69) is 0 Å². The van der Waals surface area contributed by atoms with Crippen molar-refractivity contribution in [2.24, 2.45) is 5.73 Å². The van der Waals surface area contributed by atoms with Gasteiger partial charge in [-0.2, -0.15) is 0 Å². The quantitative estimate of drug-likeness (QED) is 0.635. The first-order valence-corrected chi connectivity index (χ1v) is 7.24. The normalized spacial score (nSPS) is 22.4. The third-order valence-electron chi connectivity index (χ3n) is 4.70. The average molecular weight is 302 g/mol. The molecule has 2 amide bonds. The minimum atomic E-state index is -0.565. The number of fused-ring (bicyclic) bond motifs is 1. The fourth-order valence-corrected chi connectivity index (χ4v) is 2.60. The van der Waals surface area contributed by atoms with Crippen molar-refractivity contribution in [3.05, 3.63) is 29.3 Å². The lowest BCUT2D eigenvalue weighted by Crippen LogP contribution is -2.41. The van der Waals surface area contributed by atoms with Gasteiger partial charge in [-0.15, -0.1) is 0 Å². The summed E-state index contributed by atoms with van der Waals surface area (Å²) in [6, 6.07) is 5.05. The zero-order chi connectivity index (χ0) is 16.3. The van der Waals surface area contributed by atoms with Crippen molar-refractivity contribution in [1.29, 1.82) is 0 Å². The van der Waals surface area contributed by atoms with Gasteiger partial charge in [0.25, 0.3) is 11.8 Å². The number of nitrogens with zero attached hydrogens (tertiary/aromatic N) is 1. The molecule has 0 bridgehead atoms. The highest BCUT2D eigenvalue weighted by Crippen LogP contribution is 2.36. The molecule has 116 valence electrons. The van der Waals surface area contributed by atoms with E-state index >= 15 is 0 Å². The summed E-state index contributed by atoms with van der Waals surface area (Å²) in [6.45, 7) is 7.73. The summed E-state index contributed by atoms with van der Waals surface area (Å²) in [7, 11) is -0.565. The van der Waals surface area contributed by atoms with Gasteiger partial charge in [-0.05, 0) is 45.3 Å². The molecule has 1 saturated heterocycles. The Bertz CT molecular complexity index is 656. The smallest absolute Gasteiger partial charge is 0.399 e. The number of nitrogens with two attached hydrogens (primary N) is 1. The number of carbonyl (C=O) groups excluding carboxylic acids is 2. The molecule has 2 aliphatic rings. The van der Waals surface area contributed by atoms with E-state index in [1.165, 1.54) is 0 Å². The Kier molecular flexibility index (Phi) is 3.21. The van der Waals surface area contributed by atoms with E-state index in [0.717, 1.165) is 10.4 Å². The first kappa shape index (κ1) is 15.2. The first-order valence-electron chi connectivity index (χ1n) is 7.24. The number of benzene rings is 1. The third kappa shape index (κ3) is 2.00. The number of imide groups is 1. The topological polar surface area (TPSA) is 81.9 Å². The molecule has 0 spiro atoms. The van der Waals surface area contributed by atoms with Crippen LogP contribution in [-0.4, -0.2) is 41.7 Å². The highest BCUT2D eigenvalue weighted by molar-refractivity contribution is 6.62. The molecule has 1 aromatic carbocycles. The molecule has 1 fully saturated rings. The number of amides is 2. The summed E-state index contributed by atoms with van der Waals surface area (Å²) >= 11 is 0. The highest BCUT2D eigenvalue weighted by Gasteiger charge is 2.52. The Morgan fingerprint density at radius 3 is 2.14 bits per heavy atom. The Morgan fingerprint density at radius 2 is 1.59 bits per heavy atom. The minimum Gasteiger partial charge on any atom is -0.399 e. The monoisotopic (exact) mass is 302 g/mol. The molecule has 7 heteroatoms. The van der Waals surface area contributed by atoms with Gasteiger partial charge < -0.3 is 15.0 Å². The largest absolute Gasteiger partial charge is 0.494 e. The zero-order valence-corrected chi connectivity index (χ0v) is 13.2. The lowest BCUT2D eigenvalue weighted by molar-refractivity contribution is 0.00578. The molecular formula is C15H19BN2O4. The molecule has 0 aromatic heterocycles. The van der Waals surface area contributed by atoms with Crippen LogP contribution in [0.25, 0.3) is 0 Å². The molecule has 2 aliphatic heterocycles. The third-order valence-corrected chi connectivity index (χ3v) is 4.70. The van der Waals surface area contributed by atoms with Crippen LogP contribution in [0.1, 0.15) is 48.4 Å². The fraction of sp³-hybridized carbons (Fsp3) is 0.467. The summed E-state index contributed by atoms with van der Waals surface area (Å²) in [6.07, 6.45) is 0. The van der Waals surface area contributed by atoms with Gasteiger partial charge in [-0.3, -0.25) is 14.5 Å². The van der Waals surface area contributed by atoms with Crippen LogP contribution >= 0.6 is 0 Å². The molecule has 0 unspecified atom stereocenters. The van der Waals surface area contributed by atoms with Crippen molar-refractivity contribution in [1.82, 2.24) is 4.90 Å². The van der Waals surface area contributed by atoms with E-state index in [4.69, 9.17) is 15.0 Å². The van der Waals surface area contributed by atoms with Crippen LogP contribution < -0.4 is 11.2 Å². The second-order valence-corrected chi connectivity index (χ2v) is 6.61. The number of hydrogen-bond acceptors (Lipinski definition) is 5. The summed E-state index contributed by atoms with van der Waals surface area (Å²) in [4.78, 5) is 25.3. The van der Waals surface area contributed by atoms with E-state index < -0.39 is 18.3 Å². The van der Waals surface area contributed by atoms with E-state index in [1.54, 1.807) is 18.2 Å². The van der Waals surface area contributed by atoms with Crippen LogP contribution in [0.2, 0.25) is 0 Å². The Labute approximate surface area is 129 Å². The summed E-state index contributed by atoms with van der Waals surface area (Å²) in [5, 5.41) is 0. The Balaban J connectivity index is 1.96. The molecule has 6 nitrogen and oxygen atoms in total. The molecule has 2 N–H and O–H groups in total. The summed E-state index contributed by atoms with van der Waals surface area (Å²) in [5.74, 6) is -0.733. The highest BCUT2D eigenvalue weighted by atomic mass is 16.7. The summed E-state index contributed by atoms with van der Waals surface area (Å²) in [5.41, 5.74) is 5.98. The fourth-order valence-electron chi connectivity index (χ4n) is 2.60. The molecular weight excluding hydrogens is 283 g/mol. The van der Waals surface area contributed by atoms with Gasteiger partial charge in [0.1, 0.15) is 0 Å². The molecule has 0 radical (unpaired) electrons. The van der Waals surface area contributed by atoms with Crippen molar-refractivity contribution in [3.8, 4) is 0 Å². The van der Waals surface area contributed by atoms with Crippen molar-refractivity contribution in [2.45, 2.75) is 38.9 Å². The maximum absolute atomic E-state index is 12.2. The van der Waals surface area contributed by atoms with Crippen molar-refractivity contribution >= 4 is 24.4 Å². The van der Waals surface area contributed by atoms with Crippen LogP contribution in [0.15, 0.2) is 18.2 Å². The van der Waals surface area contributed by atoms with Gasteiger partial charge in [0, 0.05) is 0 Å². The number of hydrogen-bond donors (Lipinski definition) is 1. The van der Waals surface area contributed by atoms with E-state index in [1.807, 2.05) is 27.7 Å². The van der Waals surface area contributed by atoms with Gasteiger partial charge in [0.2, 0.25) is 0 Å². The van der Waals surface area contributed by atoms with Crippen molar-refractivity contribution in [3.63, 3.8) is 0 Å². The van der Waals surface area contributed by atoms with E-state index in [0.29, 0.717) is 11.1 Å². The molecule has 0 aliphatic carbocycles. The maximum Gasteiger partial charge on any atom is 0.494 e. The second kappa shape index (κ2) is 4.65. The second-order valence-electron chi connectivity index (χ2n) is 6.61. The van der Waals surface area contributed by atoms with Crippen LogP contribution in [0, 0.1) is 0 Å². The molecule has 3 rings (SSSR count). The molecule has 0 saturated carbocycles. The minimum absolute atomic E-state index is 0.127. The average Bonchev–Trinajstić information content (AvgIpc) is 2.81. The lowest BCUT2D eigenvalue weighted by Gasteiger charge is -2.32. The number of carbonyl (C=O) groups is 2. The Hall–Kier alpha value is -1.70. The molecule has 22 heavy (non-hydrogen) atoms. The van der Waals surface area contributed by atoms with Crippen LogP contribution in [-0.2, 0) is 9.31 Å². The van der Waals surface area contributed by atoms with Gasteiger partial charge in [-0.1, -0.05) is 6.07 Å². The predicted molar refractivity (Wildman–Crippen MR) is 81.7 cm³/mol. The maximum atomic E-state index is 12.2. The number of rotatable bonds is 2. The van der Waals surface area contributed by atoms with E-state index in [-0.39, 0.29) is 18.5 Å².